The van der Waals surface area contributed by atoms with Crippen molar-refractivity contribution in [1.29, 1.82) is 0 Å². The summed E-state index contributed by atoms with van der Waals surface area (Å²) in [6, 6.07) is 3.56. The van der Waals surface area contributed by atoms with E-state index in [0.29, 0.717) is 39.9 Å². The van der Waals surface area contributed by atoms with Crippen LogP contribution in [0.2, 0.25) is 0 Å². The minimum atomic E-state index is -0.339. The molecule has 2 heterocycles. The van der Waals surface area contributed by atoms with Gasteiger partial charge in [0, 0.05) is 18.8 Å². The zero-order chi connectivity index (χ0) is 19.0. The summed E-state index contributed by atoms with van der Waals surface area (Å²) in [5.74, 6) is 0.220. The summed E-state index contributed by atoms with van der Waals surface area (Å²) in [4.78, 5) is 19.9. The third-order valence-electron chi connectivity index (χ3n) is 4.46. The molecule has 2 N–H and O–H groups in total. The van der Waals surface area contributed by atoms with Crippen LogP contribution in [0.25, 0.3) is 16.6 Å². The minimum absolute atomic E-state index is 0.261. The number of hydrogen-bond acceptors (Lipinski definition) is 4. The molecule has 1 aliphatic rings. The molecule has 3 aromatic rings. The Morgan fingerprint density at radius 3 is 2.96 bits per heavy atom. The zero-order valence-electron chi connectivity index (χ0n) is 14.9. The van der Waals surface area contributed by atoms with Crippen LogP contribution in [0, 0.1) is 0 Å². The minimum Gasteiger partial charge on any atom is -0.494 e. The van der Waals surface area contributed by atoms with Gasteiger partial charge in [0.2, 0.25) is 5.95 Å². The number of nitrogens with zero attached hydrogens (tertiary/aromatic N) is 3. The topological polar surface area (TPSA) is 84.8 Å². The van der Waals surface area contributed by atoms with Crippen molar-refractivity contribution in [2.45, 2.75) is 12.8 Å². The van der Waals surface area contributed by atoms with Crippen LogP contribution in [-0.2, 0) is 7.05 Å². The predicted octanol–water partition coefficient (Wildman–Crippen LogP) is 3.59. The monoisotopic (exact) mass is 367 g/mol. The molecule has 0 unspecified atom stereocenters. The Morgan fingerprint density at radius 2 is 2.26 bits per heavy atom. The molecular weight excluding hydrogens is 349 g/mol. The van der Waals surface area contributed by atoms with Gasteiger partial charge in [0.05, 0.1) is 18.9 Å². The van der Waals surface area contributed by atoms with Crippen LogP contribution in [0.15, 0.2) is 42.5 Å². The van der Waals surface area contributed by atoms with E-state index in [-0.39, 0.29) is 17.7 Å². The fraction of sp³-hybridized carbons (Fsp3) is 0.211. The Bertz CT molecular complexity index is 1090. The highest BCUT2D eigenvalue weighted by molar-refractivity contribution is 6.04. The Labute approximate surface area is 154 Å². The highest BCUT2D eigenvalue weighted by Gasteiger charge is 2.19. The van der Waals surface area contributed by atoms with Crippen LogP contribution in [0.3, 0.4) is 0 Å². The fourth-order valence-corrected chi connectivity index (χ4v) is 3.16. The lowest BCUT2D eigenvalue weighted by molar-refractivity contribution is 0.102. The number of benzene rings is 1. The molecule has 0 spiro atoms. The van der Waals surface area contributed by atoms with Crippen LogP contribution >= 0.6 is 0 Å². The van der Waals surface area contributed by atoms with Gasteiger partial charge < -0.3 is 9.72 Å². The average Bonchev–Trinajstić information content (AvgIpc) is 3.27. The number of anilines is 1. The average molecular weight is 367 g/mol. The number of halogens is 1. The van der Waals surface area contributed by atoms with Crippen LogP contribution in [0.5, 0.6) is 5.75 Å². The van der Waals surface area contributed by atoms with Gasteiger partial charge in [-0.3, -0.25) is 14.8 Å². The Balaban J connectivity index is 1.77. The molecule has 1 aromatic carbocycles. The molecule has 0 atom stereocenters. The molecule has 0 fully saturated rings. The fourth-order valence-electron chi connectivity index (χ4n) is 3.16. The van der Waals surface area contributed by atoms with E-state index in [4.69, 9.17) is 4.74 Å². The van der Waals surface area contributed by atoms with Crippen molar-refractivity contribution in [2.24, 2.45) is 7.05 Å². The summed E-state index contributed by atoms with van der Waals surface area (Å²) >= 11 is 0. The van der Waals surface area contributed by atoms with E-state index in [9.17, 15) is 9.18 Å². The number of carbonyl (C=O) groups is 1. The first kappa shape index (κ1) is 17.0. The molecule has 1 aliphatic carbocycles. The zero-order valence-corrected chi connectivity index (χ0v) is 14.9. The van der Waals surface area contributed by atoms with Gasteiger partial charge in [0.1, 0.15) is 22.6 Å². The van der Waals surface area contributed by atoms with E-state index in [2.05, 4.69) is 20.4 Å². The lowest BCUT2D eigenvalue weighted by Crippen LogP contribution is -2.12. The van der Waals surface area contributed by atoms with Crippen molar-refractivity contribution in [3.63, 3.8) is 0 Å². The summed E-state index contributed by atoms with van der Waals surface area (Å²) in [5, 5.41) is 6.70. The number of hydrogen-bond donors (Lipinski definition) is 2. The first-order chi connectivity index (χ1) is 13.1. The molecule has 7 nitrogen and oxygen atoms in total. The number of amides is 1. The molecule has 0 bridgehead atoms. The quantitative estimate of drug-likeness (QED) is 0.738. The second-order valence-electron chi connectivity index (χ2n) is 6.25. The number of rotatable bonds is 4. The molecular formula is C19H18FN5O2. The molecule has 2 aromatic heterocycles. The number of allylic oxidation sites excluding steroid dienone is 4. The van der Waals surface area contributed by atoms with Crippen LogP contribution < -0.4 is 10.1 Å². The van der Waals surface area contributed by atoms with E-state index in [0.717, 1.165) is 6.42 Å². The smallest absolute Gasteiger partial charge is 0.261 e. The lowest BCUT2D eigenvalue weighted by Gasteiger charge is -2.12. The molecule has 138 valence electrons. The van der Waals surface area contributed by atoms with Crippen LogP contribution in [0.1, 0.15) is 28.8 Å². The Hall–Kier alpha value is -3.42. The number of methoxy groups -OCH3 is 1. The second-order valence-corrected chi connectivity index (χ2v) is 6.25. The summed E-state index contributed by atoms with van der Waals surface area (Å²) < 4.78 is 21.3. The summed E-state index contributed by atoms with van der Waals surface area (Å²) in [5.41, 5.74) is 2.85. The highest BCUT2D eigenvalue weighted by atomic mass is 19.1. The van der Waals surface area contributed by atoms with Gasteiger partial charge in [-0.1, -0.05) is 6.08 Å². The van der Waals surface area contributed by atoms with Crippen molar-refractivity contribution >= 4 is 28.5 Å². The third-order valence-corrected chi connectivity index (χ3v) is 4.46. The Kier molecular flexibility index (Phi) is 4.23. The maximum atomic E-state index is 14.3. The number of fused-ring (bicyclic) bond motifs is 1. The van der Waals surface area contributed by atoms with Gasteiger partial charge in [0.15, 0.2) is 0 Å². The van der Waals surface area contributed by atoms with Crippen LogP contribution in [0.4, 0.5) is 10.3 Å². The highest BCUT2D eigenvalue weighted by Crippen LogP contribution is 2.36. The summed E-state index contributed by atoms with van der Waals surface area (Å²) in [7, 11) is 3.28. The number of aryl methyl sites for hydroxylation is 1. The van der Waals surface area contributed by atoms with Crippen molar-refractivity contribution in [3.05, 3.63) is 53.6 Å². The molecule has 1 amide bonds. The van der Waals surface area contributed by atoms with Gasteiger partial charge in [-0.15, -0.1) is 0 Å². The van der Waals surface area contributed by atoms with E-state index in [1.54, 1.807) is 37.2 Å². The SMILES string of the molecule is COc1ccc(C2=C(F)C=CCC2)c2nc(NC(=O)c3cnn(C)c3)[nH]c12. The first-order valence-corrected chi connectivity index (χ1v) is 8.49. The van der Waals surface area contributed by atoms with E-state index < -0.39 is 0 Å². The van der Waals surface area contributed by atoms with Gasteiger partial charge in [0.25, 0.3) is 5.91 Å². The van der Waals surface area contributed by atoms with E-state index in [1.807, 2.05) is 6.08 Å². The van der Waals surface area contributed by atoms with Crippen LogP contribution in [-0.4, -0.2) is 32.8 Å². The van der Waals surface area contributed by atoms with E-state index >= 15 is 0 Å². The lowest BCUT2D eigenvalue weighted by atomic mass is 9.95. The molecule has 0 aliphatic heterocycles. The largest absolute Gasteiger partial charge is 0.494 e. The third kappa shape index (κ3) is 3.10. The maximum absolute atomic E-state index is 14.3. The number of carbonyl (C=O) groups excluding carboxylic acids is 1. The summed E-state index contributed by atoms with van der Waals surface area (Å²) in [6.45, 7) is 0. The van der Waals surface area contributed by atoms with Crippen molar-refractivity contribution in [3.8, 4) is 5.75 Å². The predicted molar refractivity (Wildman–Crippen MR) is 100 cm³/mol. The van der Waals surface area contributed by atoms with Gasteiger partial charge in [-0.2, -0.15) is 5.10 Å². The second kappa shape index (κ2) is 6.71. The van der Waals surface area contributed by atoms with Gasteiger partial charge in [-0.25, -0.2) is 9.37 Å². The maximum Gasteiger partial charge on any atom is 0.261 e. The molecule has 8 heteroatoms. The number of aromatic amines is 1. The number of imidazole rings is 1. The molecule has 27 heavy (non-hydrogen) atoms. The van der Waals surface area contributed by atoms with Crippen molar-refractivity contribution < 1.29 is 13.9 Å². The number of ether oxygens (including phenoxy) is 1. The molecule has 0 saturated carbocycles. The van der Waals surface area contributed by atoms with Gasteiger partial charge in [-0.05, 0) is 36.6 Å². The van der Waals surface area contributed by atoms with E-state index in [1.165, 1.54) is 12.3 Å². The van der Waals surface area contributed by atoms with Gasteiger partial charge >= 0.3 is 0 Å². The summed E-state index contributed by atoms with van der Waals surface area (Å²) in [6.07, 6.45) is 7.73. The molecule has 4 rings (SSSR count). The molecule has 0 radical (unpaired) electrons. The molecule has 0 saturated heterocycles. The number of aromatic nitrogens is 4. The first-order valence-electron chi connectivity index (χ1n) is 8.49. The standard InChI is InChI=1S/C19H18FN5O2/c1-25-10-11(9-21-25)18(26)24-19-22-16-13(12-5-3-4-6-14(12)20)7-8-15(27-2)17(16)23-19/h4,6-10H,3,5H2,1-2H3,(H2,22,23,24,26). The van der Waals surface area contributed by atoms with Crippen molar-refractivity contribution in [2.75, 3.05) is 12.4 Å². The normalized spacial score (nSPS) is 14.0. The number of H-pyrrole nitrogens is 1. The Morgan fingerprint density at radius 1 is 1.41 bits per heavy atom. The van der Waals surface area contributed by atoms with Crippen molar-refractivity contribution in [1.82, 2.24) is 19.7 Å². The number of nitrogens with one attached hydrogen (secondary N) is 2.